The van der Waals surface area contributed by atoms with Crippen LogP contribution in [0.1, 0.15) is 12.5 Å². The van der Waals surface area contributed by atoms with Crippen molar-refractivity contribution < 1.29 is 9.84 Å². The Labute approximate surface area is 83.2 Å². The third-order valence-electron chi connectivity index (χ3n) is 1.73. The second-order valence-corrected chi connectivity index (χ2v) is 2.95. The fourth-order valence-electron chi connectivity index (χ4n) is 1.02. The molecule has 14 heavy (non-hydrogen) atoms. The van der Waals surface area contributed by atoms with E-state index in [1.807, 2.05) is 0 Å². The van der Waals surface area contributed by atoms with Crippen LogP contribution in [-0.2, 0) is 0 Å². The summed E-state index contributed by atoms with van der Waals surface area (Å²) in [6, 6.07) is 5.05. The van der Waals surface area contributed by atoms with Gasteiger partial charge in [-0.3, -0.25) is 0 Å². The number of nitrogens with one attached hydrogen (secondary N) is 1. The fraction of sp³-hybridized carbons (Fsp3) is 0.182. The molecule has 0 unspecified atom stereocenters. The summed E-state index contributed by atoms with van der Waals surface area (Å²) < 4.78 is 4.95. The predicted octanol–water partition coefficient (Wildman–Crippen LogP) is 2.45. The molecule has 0 aliphatic rings. The molecule has 0 atom stereocenters. The van der Waals surface area contributed by atoms with E-state index in [1.165, 1.54) is 7.11 Å². The van der Waals surface area contributed by atoms with Gasteiger partial charge in [0.2, 0.25) is 0 Å². The zero-order valence-electron chi connectivity index (χ0n) is 8.24. The van der Waals surface area contributed by atoms with Crippen molar-refractivity contribution in [3.05, 3.63) is 29.8 Å². The Morgan fingerprint density at radius 2 is 2.21 bits per heavy atom. The van der Waals surface area contributed by atoms with Gasteiger partial charge in [-0.1, -0.05) is 12.1 Å². The molecule has 2 N–H and O–H groups in total. The third kappa shape index (κ3) is 2.62. The number of allylic oxidation sites excluding steroid dienone is 1. The summed E-state index contributed by atoms with van der Waals surface area (Å²) in [7, 11) is 1.50. The molecule has 1 aromatic carbocycles. The average molecular weight is 191 g/mol. The third-order valence-corrected chi connectivity index (χ3v) is 1.73. The minimum absolute atomic E-state index is 0.122. The molecule has 3 heteroatoms. The average Bonchev–Trinajstić information content (AvgIpc) is 2.16. The highest BCUT2D eigenvalue weighted by molar-refractivity contribution is 5.93. The molecule has 0 fully saturated rings. The Balaban J connectivity index is 2.95. The summed E-state index contributed by atoms with van der Waals surface area (Å²) >= 11 is 0. The number of methoxy groups -OCH3 is 1. The summed E-state index contributed by atoms with van der Waals surface area (Å²) in [5, 5.41) is 16.5. The Hall–Kier alpha value is -1.77. The first-order chi connectivity index (χ1) is 6.63. The zero-order valence-corrected chi connectivity index (χ0v) is 8.24. The largest absolute Gasteiger partial charge is 0.504 e. The molecule has 0 heterocycles. The van der Waals surface area contributed by atoms with Crippen LogP contribution in [0.3, 0.4) is 0 Å². The van der Waals surface area contributed by atoms with Gasteiger partial charge in [0.15, 0.2) is 11.5 Å². The number of phenolic OH excluding ortho intramolecular Hbond substituents is 1. The highest BCUT2D eigenvalue weighted by Crippen LogP contribution is 2.26. The van der Waals surface area contributed by atoms with Crippen LogP contribution in [-0.4, -0.2) is 17.9 Å². The lowest BCUT2D eigenvalue weighted by molar-refractivity contribution is 0.373. The number of rotatable bonds is 3. The molecular weight excluding hydrogens is 178 g/mol. The van der Waals surface area contributed by atoms with E-state index in [2.05, 4.69) is 0 Å². The molecule has 0 radical (unpaired) electrons. The van der Waals surface area contributed by atoms with Crippen molar-refractivity contribution in [3.8, 4) is 11.5 Å². The molecular formula is C11H13NO2. The van der Waals surface area contributed by atoms with Crippen LogP contribution in [0, 0.1) is 5.41 Å². The van der Waals surface area contributed by atoms with Gasteiger partial charge < -0.3 is 15.3 Å². The van der Waals surface area contributed by atoms with Crippen LogP contribution < -0.4 is 4.74 Å². The van der Waals surface area contributed by atoms with Crippen LogP contribution in [0.25, 0.3) is 6.08 Å². The normalized spacial score (nSPS) is 10.4. The molecule has 0 saturated carbocycles. The summed E-state index contributed by atoms with van der Waals surface area (Å²) in [5.41, 5.74) is 1.38. The number of hydrogen-bond donors (Lipinski definition) is 2. The van der Waals surface area contributed by atoms with E-state index < -0.39 is 0 Å². The van der Waals surface area contributed by atoms with E-state index in [4.69, 9.17) is 10.1 Å². The summed E-state index contributed by atoms with van der Waals surface area (Å²) in [5.74, 6) is 0.561. The molecule has 0 amide bonds. The molecule has 0 aliphatic carbocycles. The first-order valence-electron chi connectivity index (χ1n) is 4.23. The Morgan fingerprint density at radius 3 is 2.79 bits per heavy atom. The van der Waals surface area contributed by atoms with Crippen molar-refractivity contribution in [2.24, 2.45) is 0 Å². The second-order valence-electron chi connectivity index (χ2n) is 2.95. The van der Waals surface area contributed by atoms with Crippen LogP contribution in [0.5, 0.6) is 11.5 Å². The molecule has 3 nitrogen and oxygen atoms in total. The maximum absolute atomic E-state index is 9.32. The number of aromatic hydroxyl groups is 1. The number of ether oxygens (including phenoxy) is 1. The zero-order chi connectivity index (χ0) is 10.6. The molecule has 1 rings (SSSR count). The topological polar surface area (TPSA) is 53.3 Å². The van der Waals surface area contributed by atoms with Gasteiger partial charge in [-0.25, -0.2) is 0 Å². The lowest BCUT2D eigenvalue weighted by Crippen LogP contribution is -1.85. The molecule has 0 spiro atoms. The molecule has 0 aromatic heterocycles. The van der Waals surface area contributed by atoms with E-state index in [1.54, 1.807) is 37.3 Å². The Bertz CT molecular complexity index is 370. The maximum atomic E-state index is 9.32. The van der Waals surface area contributed by atoms with Crippen LogP contribution in [0.4, 0.5) is 0 Å². The molecule has 1 aromatic rings. The van der Waals surface area contributed by atoms with Gasteiger partial charge in [0.05, 0.1) is 7.11 Å². The second kappa shape index (κ2) is 4.46. The quantitative estimate of drug-likeness (QED) is 0.721. The van der Waals surface area contributed by atoms with Crippen LogP contribution >= 0.6 is 0 Å². The van der Waals surface area contributed by atoms with E-state index in [9.17, 15) is 5.11 Å². The lowest BCUT2D eigenvalue weighted by atomic mass is 10.2. The first kappa shape index (κ1) is 10.3. The van der Waals surface area contributed by atoms with E-state index in [0.29, 0.717) is 11.5 Å². The van der Waals surface area contributed by atoms with Crippen molar-refractivity contribution in [3.63, 3.8) is 0 Å². The monoisotopic (exact) mass is 191 g/mol. The summed E-state index contributed by atoms with van der Waals surface area (Å²) in [6.45, 7) is 1.70. The molecule has 74 valence electrons. The van der Waals surface area contributed by atoms with Crippen molar-refractivity contribution in [2.45, 2.75) is 6.92 Å². The molecule has 0 saturated heterocycles. The predicted molar refractivity (Wildman–Crippen MR) is 57.1 cm³/mol. The van der Waals surface area contributed by atoms with Gasteiger partial charge in [-0.05, 0) is 30.7 Å². The number of phenols is 1. The highest BCUT2D eigenvalue weighted by Gasteiger charge is 1.99. The minimum Gasteiger partial charge on any atom is -0.504 e. The highest BCUT2D eigenvalue weighted by atomic mass is 16.5. The fourth-order valence-corrected chi connectivity index (χ4v) is 1.02. The van der Waals surface area contributed by atoms with Crippen molar-refractivity contribution in [1.29, 1.82) is 5.41 Å². The van der Waals surface area contributed by atoms with Gasteiger partial charge in [-0.15, -0.1) is 0 Å². The standard InChI is InChI=1S/C11H13NO2/c1-8(12)3-4-9-5-6-10(13)11(7-9)14-2/h3-7,12-13H,1-2H3/b4-3+,12-8?. The van der Waals surface area contributed by atoms with Gasteiger partial charge in [0.25, 0.3) is 0 Å². The van der Waals surface area contributed by atoms with Gasteiger partial charge in [0.1, 0.15) is 0 Å². The van der Waals surface area contributed by atoms with E-state index in [-0.39, 0.29) is 5.75 Å². The number of hydrogen-bond acceptors (Lipinski definition) is 3. The Morgan fingerprint density at radius 1 is 1.50 bits per heavy atom. The van der Waals surface area contributed by atoms with Crippen molar-refractivity contribution in [1.82, 2.24) is 0 Å². The lowest BCUT2D eigenvalue weighted by Gasteiger charge is -2.03. The summed E-state index contributed by atoms with van der Waals surface area (Å²) in [4.78, 5) is 0. The van der Waals surface area contributed by atoms with Crippen LogP contribution in [0.15, 0.2) is 24.3 Å². The van der Waals surface area contributed by atoms with Crippen LogP contribution in [0.2, 0.25) is 0 Å². The molecule has 0 bridgehead atoms. The minimum atomic E-state index is 0.122. The SMILES string of the molecule is COc1cc(/C=C/C(C)=N)ccc1O. The smallest absolute Gasteiger partial charge is 0.161 e. The maximum Gasteiger partial charge on any atom is 0.161 e. The molecule has 0 aliphatic heterocycles. The number of benzene rings is 1. The summed E-state index contributed by atoms with van der Waals surface area (Å²) in [6.07, 6.45) is 3.48. The first-order valence-corrected chi connectivity index (χ1v) is 4.23. The van der Waals surface area contributed by atoms with Crippen molar-refractivity contribution in [2.75, 3.05) is 7.11 Å². The van der Waals surface area contributed by atoms with E-state index in [0.717, 1.165) is 5.56 Å². The van der Waals surface area contributed by atoms with E-state index >= 15 is 0 Å². The van der Waals surface area contributed by atoms with Gasteiger partial charge in [-0.2, -0.15) is 0 Å². The van der Waals surface area contributed by atoms with Gasteiger partial charge in [0, 0.05) is 5.71 Å². The van der Waals surface area contributed by atoms with Gasteiger partial charge >= 0.3 is 0 Å². The Kier molecular flexibility index (Phi) is 3.29. The van der Waals surface area contributed by atoms with Crippen molar-refractivity contribution >= 4 is 11.8 Å².